The lowest BCUT2D eigenvalue weighted by atomic mass is 10.1. The van der Waals surface area contributed by atoms with E-state index in [0.717, 1.165) is 17.2 Å². The topological polar surface area (TPSA) is 58.3 Å². The lowest BCUT2D eigenvalue weighted by Gasteiger charge is -2.30. The molecule has 132 valence electrons. The first kappa shape index (κ1) is 17.4. The summed E-state index contributed by atoms with van der Waals surface area (Å²) in [7, 11) is 2.01. The number of alkyl halides is 1. The van der Waals surface area contributed by atoms with Crippen LogP contribution in [0.5, 0.6) is 0 Å². The standard InChI is InChI=1S/C16H24FN5OS/c1-10(16-20-19-11(2)23-16)21(4)8-15-5-13(17)6-22(15)7-14-9-24-12(3)18-14/h9-10,13,15H,5-8H2,1-4H3/t10-,13+,15+/m1/s1. The van der Waals surface area contributed by atoms with Gasteiger partial charge in [-0.25, -0.2) is 9.37 Å². The summed E-state index contributed by atoms with van der Waals surface area (Å²) in [5.74, 6) is 1.17. The zero-order chi connectivity index (χ0) is 17.3. The Balaban J connectivity index is 1.63. The second kappa shape index (κ2) is 7.25. The van der Waals surface area contributed by atoms with Gasteiger partial charge in [-0.05, 0) is 27.3 Å². The SMILES string of the molecule is Cc1nnc([C@@H](C)N(C)C[C@@H]2C[C@H](F)CN2Cc2csc(C)n2)o1. The molecule has 0 aliphatic carbocycles. The van der Waals surface area contributed by atoms with E-state index in [1.807, 2.05) is 20.9 Å². The van der Waals surface area contributed by atoms with Crippen LogP contribution in [0.2, 0.25) is 0 Å². The van der Waals surface area contributed by atoms with E-state index in [2.05, 4.69) is 30.4 Å². The number of aromatic nitrogens is 3. The fourth-order valence-corrected chi connectivity index (χ4v) is 3.76. The van der Waals surface area contributed by atoms with Crippen molar-refractivity contribution in [3.63, 3.8) is 0 Å². The molecular weight excluding hydrogens is 329 g/mol. The molecule has 1 saturated heterocycles. The third-order valence-electron chi connectivity index (χ3n) is 4.57. The number of halogens is 1. The van der Waals surface area contributed by atoms with E-state index in [1.54, 1.807) is 18.3 Å². The highest BCUT2D eigenvalue weighted by molar-refractivity contribution is 7.09. The molecule has 8 heteroatoms. The molecule has 6 nitrogen and oxygen atoms in total. The molecule has 0 N–H and O–H groups in total. The number of hydrogen-bond donors (Lipinski definition) is 0. The third kappa shape index (κ3) is 3.99. The van der Waals surface area contributed by atoms with E-state index >= 15 is 0 Å². The second-order valence-electron chi connectivity index (χ2n) is 6.55. The molecular formula is C16H24FN5OS. The first-order valence-electron chi connectivity index (χ1n) is 8.21. The van der Waals surface area contributed by atoms with Gasteiger partial charge in [-0.3, -0.25) is 9.80 Å². The van der Waals surface area contributed by atoms with E-state index in [4.69, 9.17) is 4.42 Å². The van der Waals surface area contributed by atoms with Crippen molar-refractivity contribution in [2.45, 2.75) is 52.0 Å². The van der Waals surface area contributed by atoms with Crippen LogP contribution in [0.15, 0.2) is 9.80 Å². The molecule has 3 atom stereocenters. The first-order valence-corrected chi connectivity index (χ1v) is 9.09. The molecule has 1 aliphatic heterocycles. The van der Waals surface area contributed by atoms with Gasteiger partial charge in [-0.15, -0.1) is 21.5 Å². The first-order chi connectivity index (χ1) is 11.4. The zero-order valence-corrected chi connectivity index (χ0v) is 15.4. The van der Waals surface area contributed by atoms with Crippen molar-refractivity contribution in [1.29, 1.82) is 0 Å². The zero-order valence-electron chi connectivity index (χ0n) is 14.6. The predicted molar refractivity (Wildman–Crippen MR) is 90.6 cm³/mol. The molecule has 0 saturated carbocycles. The Morgan fingerprint density at radius 1 is 1.46 bits per heavy atom. The van der Waals surface area contributed by atoms with Gasteiger partial charge in [0.05, 0.1) is 16.7 Å². The van der Waals surface area contributed by atoms with Crippen LogP contribution < -0.4 is 0 Å². The minimum absolute atomic E-state index is 0.00762. The van der Waals surface area contributed by atoms with Gasteiger partial charge in [-0.2, -0.15) is 0 Å². The molecule has 3 rings (SSSR count). The molecule has 0 unspecified atom stereocenters. The molecule has 0 aromatic carbocycles. The summed E-state index contributed by atoms with van der Waals surface area (Å²) in [5.41, 5.74) is 1.03. The van der Waals surface area contributed by atoms with Crippen LogP contribution in [0, 0.1) is 13.8 Å². The van der Waals surface area contributed by atoms with Crippen LogP contribution in [-0.4, -0.2) is 57.3 Å². The van der Waals surface area contributed by atoms with Crippen molar-refractivity contribution in [3.8, 4) is 0 Å². The lowest BCUT2D eigenvalue weighted by molar-refractivity contribution is 0.146. The van der Waals surface area contributed by atoms with Crippen molar-refractivity contribution < 1.29 is 8.81 Å². The van der Waals surface area contributed by atoms with Crippen LogP contribution in [-0.2, 0) is 6.54 Å². The number of aryl methyl sites for hydroxylation is 2. The molecule has 3 heterocycles. The van der Waals surface area contributed by atoms with Gasteiger partial charge >= 0.3 is 0 Å². The van der Waals surface area contributed by atoms with Crippen LogP contribution in [0.3, 0.4) is 0 Å². The Labute approximate surface area is 145 Å². The molecule has 2 aromatic heterocycles. The number of nitrogens with zero attached hydrogens (tertiary/aromatic N) is 5. The van der Waals surface area contributed by atoms with Crippen molar-refractivity contribution in [2.24, 2.45) is 0 Å². The molecule has 0 amide bonds. The average Bonchev–Trinajstić information content (AvgIpc) is 3.21. The van der Waals surface area contributed by atoms with Gasteiger partial charge < -0.3 is 4.42 Å². The molecule has 24 heavy (non-hydrogen) atoms. The van der Waals surface area contributed by atoms with Crippen LogP contribution in [0.25, 0.3) is 0 Å². The smallest absolute Gasteiger partial charge is 0.233 e. The van der Waals surface area contributed by atoms with Gasteiger partial charge in [0.1, 0.15) is 6.17 Å². The quantitative estimate of drug-likeness (QED) is 0.796. The molecule has 2 aromatic rings. The monoisotopic (exact) mass is 353 g/mol. The predicted octanol–water partition coefficient (Wildman–Crippen LogP) is 2.75. The number of likely N-dealkylation sites (tertiary alicyclic amines) is 1. The highest BCUT2D eigenvalue weighted by Crippen LogP contribution is 2.26. The summed E-state index contributed by atoms with van der Waals surface area (Å²) < 4.78 is 19.5. The minimum Gasteiger partial charge on any atom is -0.424 e. The second-order valence-corrected chi connectivity index (χ2v) is 7.61. The highest BCUT2D eigenvalue weighted by Gasteiger charge is 2.34. The van der Waals surface area contributed by atoms with E-state index in [-0.39, 0.29) is 12.1 Å². The lowest BCUT2D eigenvalue weighted by Crippen LogP contribution is -2.39. The van der Waals surface area contributed by atoms with E-state index in [1.165, 1.54) is 0 Å². The normalized spacial score (nSPS) is 23.2. The molecule has 1 fully saturated rings. The van der Waals surface area contributed by atoms with Gasteiger partial charge in [0.15, 0.2) is 0 Å². The van der Waals surface area contributed by atoms with Gasteiger partial charge in [-0.1, -0.05) is 0 Å². The van der Waals surface area contributed by atoms with Crippen molar-refractivity contribution in [2.75, 3.05) is 20.1 Å². The maximum Gasteiger partial charge on any atom is 0.233 e. The Bertz CT molecular complexity index is 675. The maximum atomic E-state index is 14.0. The highest BCUT2D eigenvalue weighted by atomic mass is 32.1. The average molecular weight is 353 g/mol. The van der Waals surface area contributed by atoms with Gasteiger partial charge in [0.2, 0.25) is 11.8 Å². The number of thiazole rings is 1. The van der Waals surface area contributed by atoms with E-state index < -0.39 is 6.17 Å². The molecule has 0 spiro atoms. The fourth-order valence-electron chi connectivity index (χ4n) is 3.15. The third-order valence-corrected chi connectivity index (χ3v) is 5.39. The van der Waals surface area contributed by atoms with E-state index in [0.29, 0.717) is 31.3 Å². The Kier molecular flexibility index (Phi) is 5.27. The summed E-state index contributed by atoms with van der Waals surface area (Å²) in [5, 5.41) is 11.1. The van der Waals surface area contributed by atoms with Crippen molar-refractivity contribution >= 4 is 11.3 Å². The minimum atomic E-state index is -0.774. The van der Waals surface area contributed by atoms with Crippen LogP contribution in [0.1, 0.15) is 41.9 Å². The molecule has 1 aliphatic rings. The summed E-state index contributed by atoms with van der Waals surface area (Å²) in [6.07, 6.45) is -0.215. The Morgan fingerprint density at radius 3 is 2.88 bits per heavy atom. The summed E-state index contributed by atoms with van der Waals surface area (Å²) in [6.45, 7) is 7.75. The summed E-state index contributed by atoms with van der Waals surface area (Å²) >= 11 is 1.64. The van der Waals surface area contributed by atoms with Gasteiger partial charge in [0, 0.05) is 38.0 Å². The Hall–Kier alpha value is -1.38. The number of hydrogen-bond acceptors (Lipinski definition) is 7. The molecule has 0 radical (unpaired) electrons. The summed E-state index contributed by atoms with van der Waals surface area (Å²) in [6, 6.07) is 0.173. The fraction of sp³-hybridized carbons (Fsp3) is 0.688. The van der Waals surface area contributed by atoms with Crippen molar-refractivity contribution in [1.82, 2.24) is 25.0 Å². The van der Waals surface area contributed by atoms with Crippen LogP contribution in [0.4, 0.5) is 4.39 Å². The maximum absolute atomic E-state index is 14.0. The number of rotatable bonds is 6. The summed E-state index contributed by atoms with van der Waals surface area (Å²) in [4.78, 5) is 8.85. The van der Waals surface area contributed by atoms with E-state index in [9.17, 15) is 4.39 Å². The van der Waals surface area contributed by atoms with Crippen molar-refractivity contribution in [3.05, 3.63) is 27.9 Å². The largest absolute Gasteiger partial charge is 0.424 e. The number of likely N-dealkylation sites (N-methyl/N-ethyl adjacent to an activating group) is 1. The van der Waals surface area contributed by atoms with Crippen LogP contribution >= 0.6 is 11.3 Å². The Morgan fingerprint density at radius 2 is 2.25 bits per heavy atom. The molecule has 0 bridgehead atoms. The van der Waals surface area contributed by atoms with Gasteiger partial charge in [0.25, 0.3) is 0 Å².